The molecule has 37 heavy (non-hydrogen) atoms. The highest BCUT2D eigenvalue weighted by Crippen LogP contribution is 2.37. The van der Waals surface area contributed by atoms with E-state index >= 15 is 0 Å². The number of nitrogen functional groups attached to an aromatic ring is 1. The van der Waals surface area contributed by atoms with Crippen LogP contribution in [0.25, 0.3) is 0 Å². The van der Waals surface area contributed by atoms with Gasteiger partial charge in [0, 0.05) is 37.3 Å². The highest BCUT2D eigenvalue weighted by Gasteiger charge is 2.41. The van der Waals surface area contributed by atoms with E-state index in [9.17, 15) is 28.6 Å². The topological polar surface area (TPSA) is 155 Å². The Morgan fingerprint density at radius 3 is 2.84 bits per heavy atom. The van der Waals surface area contributed by atoms with Gasteiger partial charge in [-0.2, -0.15) is 0 Å². The minimum absolute atomic E-state index is 0.0602. The van der Waals surface area contributed by atoms with Gasteiger partial charge in [-0.05, 0) is 30.9 Å². The molecule has 1 aromatic heterocycles. The third kappa shape index (κ3) is 5.75. The van der Waals surface area contributed by atoms with Gasteiger partial charge in [-0.3, -0.25) is 23.7 Å². The number of amides is 4. The number of carbonyl (C=O) groups is 4. The average molecular weight is 531 g/mol. The summed E-state index contributed by atoms with van der Waals surface area (Å²) in [5.41, 5.74) is 7.65. The number of urea groups is 1. The van der Waals surface area contributed by atoms with Crippen LogP contribution in [0.4, 0.5) is 14.3 Å². The molecule has 4 rings (SSSR count). The van der Waals surface area contributed by atoms with Crippen LogP contribution in [0.3, 0.4) is 0 Å². The van der Waals surface area contributed by atoms with Crippen molar-refractivity contribution in [2.75, 3.05) is 32.0 Å². The fourth-order valence-corrected chi connectivity index (χ4v) is 5.07. The van der Waals surface area contributed by atoms with E-state index in [4.69, 9.17) is 10.4 Å². The van der Waals surface area contributed by atoms with Crippen molar-refractivity contribution in [3.63, 3.8) is 0 Å². The molecule has 0 aliphatic carbocycles. The molecule has 4 N–H and O–H groups in total. The Bertz CT molecular complexity index is 1210. The van der Waals surface area contributed by atoms with E-state index in [1.165, 1.54) is 10.3 Å². The molecule has 14 heteroatoms. The van der Waals surface area contributed by atoms with Gasteiger partial charge in [-0.1, -0.05) is 18.2 Å². The van der Waals surface area contributed by atoms with E-state index in [1.54, 1.807) is 0 Å². The van der Waals surface area contributed by atoms with Gasteiger partial charge in [0.15, 0.2) is 10.9 Å². The molecular weight excluding hydrogens is 504 g/mol. The number of hydrogen-bond acceptors (Lipinski definition) is 9. The summed E-state index contributed by atoms with van der Waals surface area (Å²) in [5, 5.41) is 14.8. The van der Waals surface area contributed by atoms with Gasteiger partial charge in [0.05, 0.1) is 12.4 Å². The quantitative estimate of drug-likeness (QED) is 0.340. The fourth-order valence-electron chi connectivity index (χ4n) is 4.48. The Labute approximate surface area is 216 Å². The summed E-state index contributed by atoms with van der Waals surface area (Å²) in [7, 11) is -1.23. The number of halogens is 1. The standard InChI is InChI=1S/C23H27BFN5O6S/c1-13-4-2-5-14-10-15(24(35)36-19(13)14)11-17(31)18(16-12-37-22(26)27-16)28-23(34)30-9-8-29(7-3-6-25)20(32)21(30)33/h2,4-5,12,15,18,35H,3,6-11H2,1H3,(H2,26,27)(H,28,34)/t15-,18?/m1/s1. The van der Waals surface area contributed by atoms with Crippen molar-refractivity contribution in [2.45, 2.75) is 38.0 Å². The molecule has 2 atom stereocenters. The first-order chi connectivity index (χ1) is 17.7. The lowest BCUT2D eigenvalue weighted by Crippen LogP contribution is -2.59. The summed E-state index contributed by atoms with van der Waals surface area (Å²) < 4.78 is 18.1. The van der Waals surface area contributed by atoms with Crippen LogP contribution in [-0.2, 0) is 20.8 Å². The third-order valence-electron chi connectivity index (χ3n) is 6.42. The molecule has 1 unspecified atom stereocenters. The number of benzene rings is 1. The summed E-state index contributed by atoms with van der Waals surface area (Å²) in [6.07, 6.45) is 0.326. The number of carbonyl (C=O) groups excluding carboxylic acids is 4. The highest BCUT2D eigenvalue weighted by molar-refractivity contribution is 7.13. The Balaban J connectivity index is 1.48. The lowest BCUT2D eigenvalue weighted by Gasteiger charge is -2.33. The van der Waals surface area contributed by atoms with Crippen LogP contribution < -0.4 is 15.7 Å². The monoisotopic (exact) mass is 531 g/mol. The minimum Gasteiger partial charge on any atom is -0.536 e. The molecule has 1 aromatic carbocycles. The van der Waals surface area contributed by atoms with Crippen molar-refractivity contribution in [3.8, 4) is 5.75 Å². The molecule has 1 saturated heterocycles. The number of nitrogens with zero attached hydrogens (tertiary/aromatic N) is 3. The minimum atomic E-state index is -1.26. The van der Waals surface area contributed by atoms with Crippen LogP contribution in [0.2, 0.25) is 5.82 Å². The van der Waals surface area contributed by atoms with Gasteiger partial charge < -0.3 is 25.6 Å². The molecular formula is C23H27BFN5O6S. The van der Waals surface area contributed by atoms with Crippen molar-refractivity contribution in [1.29, 1.82) is 0 Å². The first kappa shape index (κ1) is 26.5. The molecule has 11 nitrogen and oxygen atoms in total. The Morgan fingerprint density at radius 2 is 2.14 bits per heavy atom. The zero-order chi connectivity index (χ0) is 26.7. The number of imide groups is 1. The number of aromatic nitrogens is 1. The molecule has 1 fully saturated rings. The number of alkyl halides is 1. The summed E-state index contributed by atoms with van der Waals surface area (Å²) in [6.45, 7) is 1.26. The second-order valence-corrected chi connectivity index (χ2v) is 9.88. The number of hydrogen-bond donors (Lipinski definition) is 3. The van der Waals surface area contributed by atoms with Crippen LogP contribution in [0.1, 0.15) is 35.7 Å². The van der Waals surface area contributed by atoms with E-state index in [0.717, 1.165) is 27.4 Å². The fraction of sp³-hybridized carbons (Fsp3) is 0.435. The number of piperazine rings is 1. The van der Waals surface area contributed by atoms with Crippen molar-refractivity contribution < 1.29 is 33.2 Å². The van der Waals surface area contributed by atoms with E-state index in [1.807, 2.05) is 25.1 Å². The van der Waals surface area contributed by atoms with Gasteiger partial charge in [-0.25, -0.2) is 9.78 Å². The van der Waals surface area contributed by atoms with E-state index in [0.29, 0.717) is 12.2 Å². The molecule has 0 radical (unpaired) electrons. The number of aryl methyl sites for hydroxylation is 1. The lowest BCUT2D eigenvalue weighted by molar-refractivity contribution is -0.153. The molecule has 2 aliphatic rings. The number of ketones is 1. The van der Waals surface area contributed by atoms with Crippen molar-refractivity contribution in [3.05, 3.63) is 40.4 Å². The summed E-state index contributed by atoms with van der Waals surface area (Å²) in [4.78, 5) is 57.4. The Hall–Kier alpha value is -3.52. The maximum absolute atomic E-state index is 13.4. The van der Waals surface area contributed by atoms with Crippen LogP contribution >= 0.6 is 11.3 Å². The summed E-state index contributed by atoms with van der Waals surface area (Å²) in [5.74, 6) is -2.44. The van der Waals surface area contributed by atoms with E-state index in [-0.39, 0.29) is 43.3 Å². The number of anilines is 1. The number of nitrogens with two attached hydrogens (primary N) is 1. The predicted molar refractivity (Wildman–Crippen MR) is 134 cm³/mol. The van der Waals surface area contributed by atoms with Crippen LogP contribution in [0.5, 0.6) is 5.75 Å². The maximum Gasteiger partial charge on any atom is 0.526 e. The number of Topliss-reactive ketones (excluding diaryl/α,β-unsaturated/α-hetero) is 1. The highest BCUT2D eigenvalue weighted by atomic mass is 32.1. The molecule has 2 aliphatic heterocycles. The van der Waals surface area contributed by atoms with Gasteiger partial charge in [-0.15, -0.1) is 11.3 Å². The largest absolute Gasteiger partial charge is 0.536 e. The zero-order valence-corrected chi connectivity index (χ0v) is 21.0. The van der Waals surface area contributed by atoms with Gasteiger partial charge in [0.2, 0.25) is 0 Å². The Kier molecular flexibility index (Phi) is 8.08. The number of rotatable bonds is 8. The smallest absolute Gasteiger partial charge is 0.526 e. The van der Waals surface area contributed by atoms with Crippen LogP contribution in [-0.4, -0.2) is 76.9 Å². The van der Waals surface area contributed by atoms with Gasteiger partial charge in [0.25, 0.3) is 0 Å². The molecule has 3 heterocycles. The zero-order valence-electron chi connectivity index (χ0n) is 20.2. The first-order valence-corrected chi connectivity index (χ1v) is 12.7. The number of thiazole rings is 1. The third-order valence-corrected chi connectivity index (χ3v) is 7.11. The molecule has 0 bridgehead atoms. The van der Waals surface area contributed by atoms with E-state index < -0.39 is 49.3 Å². The predicted octanol–water partition coefficient (Wildman–Crippen LogP) is 1.26. The molecule has 0 spiro atoms. The molecule has 0 saturated carbocycles. The van der Waals surface area contributed by atoms with Gasteiger partial charge >= 0.3 is 25.0 Å². The second-order valence-electron chi connectivity index (χ2n) is 8.99. The van der Waals surface area contributed by atoms with Crippen molar-refractivity contribution in [2.24, 2.45) is 0 Å². The molecule has 2 aromatic rings. The normalized spacial score (nSPS) is 18.4. The molecule has 196 valence electrons. The van der Waals surface area contributed by atoms with Crippen LogP contribution in [0, 0.1) is 6.92 Å². The number of nitrogens with one attached hydrogen (secondary N) is 1. The second kappa shape index (κ2) is 11.3. The van der Waals surface area contributed by atoms with Gasteiger partial charge in [0.1, 0.15) is 11.8 Å². The van der Waals surface area contributed by atoms with Crippen molar-refractivity contribution in [1.82, 2.24) is 20.1 Å². The summed E-state index contributed by atoms with van der Waals surface area (Å²) in [6, 6.07) is 3.39. The number of fused-ring (bicyclic) bond motifs is 1. The van der Waals surface area contributed by atoms with Crippen LogP contribution in [0.15, 0.2) is 23.6 Å². The Morgan fingerprint density at radius 1 is 1.35 bits per heavy atom. The number of para-hydroxylation sites is 1. The average Bonchev–Trinajstić information content (AvgIpc) is 3.30. The lowest BCUT2D eigenvalue weighted by atomic mass is 9.64. The van der Waals surface area contributed by atoms with E-state index in [2.05, 4.69) is 10.3 Å². The SMILES string of the molecule is Cc1cccc2c1OB(O)[C@@H](CC(=O)C(NC(=O)N1CCN(CCCF)C(=O)C1=O)c1csc(N)n1)C2. The molecule has 4 amide bonds. The summed E-state index contributed by atoms with van der Waals surface area (Å²) >= 11 is 1.08. The first-order valence-electron chi connectivity index (χ1n) is 11.8. The maximum atomic E-state index is 13.4. The van der Waals surface area contributed by atoms with Crippen molar-refractivity contribution >= 4 is 47.2 Å².